The van der Waals surface area contributed by atoms with Crippen LogP contribution < -0.4 is 0 Å². The average Bonchev–Trinajstić information content (AvgIpc) is 2.13. The summed E-state index contributed by atoms with van der Waals surface area (Å²) in [5.74, 6) is -1.56. The highest BCUT2D eigenvalue weighted by Gasteiger charge is 2.21. The molecule has 0 aliphatic carbocycles. The van der Waals surface area contributed by atoms with Gasteiger partial charge in [-0.25, -0.2) is 0 Å². The van der Waals surface area contributed by atoms with Crippen LogP contribution in [0.5, 0.6) is 0 Å². The van der Waals surface area contributed by atoms with Gasteiger partial charge >= 0.3 is 5.97 Å². The van der Waals surface area contributed by atoms with Gasteiger partial charge in [-0.2, -0.15) is 0 Å². The first kappa shape index (κ1) is 12.2. The van der Waals surface area contributed by atoms with E-state index in [2.05, 4.69) is 15.9 Å². The molecule has 0 radical (unpaired) electrons. The van der Waals surface area contributed by atoms with E-state index in [9.17, 15) is 9.90 Å². The zero-order valence-corrected chi connectivity index (χ0v) is 9.94. The zero-order chi connectivity index (χ0) is 11.4. The number of aliphatic carboxylic acids is 1. The third-order valence-corrected chi connectivity index (χ3v) is 2.62. The standard InChI is InChI=1S/C11H13BrO3/c1-7(13)5-10(11(14)15)8-3-2-4-9(12)6-8/h2-4,6-7,10,13H,5H2,1H3,(H,14,15). The molecule has 15 heavy (non-hydrogen) atoms. The van der Waals surface area contributed by atoms with Gasteiger partial charge in [0, 0.05) is 4.47 Å². The summed E-state index contributed by atoms with van der Waals surface area (Å²) in [6.45, 7) is 1.59. The van der Waals surface area contributed by atoms with Crippen molar-refractivity contribution in [3.63, 3.8) is 0 Å². The van der Waals surface area contributed by atoms with Crippen LogP contribution in [0, 0.1) is 0 Å². The molecule has 0 aliphatic heterocycles. The molecule has 0 heterocycles. The molecule has 0 bridgehead atoms. The van der Waals surface area contributed by atoms with E-state index < -0.39 is 18.0 Å². The highest BCUT2D eigenvalue weighted by Crippen LogP contribution is 2.24. The van der Waals surface area contributed by atoms with Crippen LogP contribution in [-0.2, 0) is 4.79 Å². The van der Waals surface area contributed by atoms with Gasteiger partial charge in [0.25, 0.3) is 0 Å². The fourth-order valence-electron chi connectivity index (χ4n) is 1.44. The van der Waals surface area contributed by atoms with Gasteiger partial charge in [0.1, 0.15) is 0 Å². The number of hydrogen-bond acceptors (Lipinski definition) is 2. The van der Waals surface area contributed by atoms with Crippen molar-refractivity contribution >= 4 is 21.9 Å². The second-order valence-corrected chi connectivity index (χ2v) is 4.45. The number of halogens is 1. The monoisotopic (exact) mass is 272 g/mol. The Morgan fingerprint density at radius 2 is 2.20 bits per heavy atom. The van der Waals surface area contributed by atoms with Gasteiger partial charge in [-0.05, 0) is 31.0 Å². The Balaban J connectivity index is 2.94. The second-order valence-electron chi connectivity index (χ2n) is 3.53. The van der Waals surface area contributed by atoms with Crippen LogP contribution in [0.15, 0.2) is 28.7 Å². The van der Waals surface area contributed by atoms with Crippen LogP contribution in [0.4, 0.5) is 0 Å². The van der Waals surface area contributed by atoms with E-state index in [1.807, 2.05) is 6.07 Å². The number of hydrogen-bond donors (Lipinski definition) is 2. The van der Waals surface area contributed by atoms with Crippen LogP contribution >= 0.6 is 15.9 Å². The molecule has 2 unspecified atom stereocenters. The molecule has 3 nitrogen and oxygen atoms in total. The molecule has 1 rings (SSSR count). The lowest BCUT2D eigenvalue weighted by Crippen LogP contribution is -2.17. The lowest BCUT2D eigenvalue weighted by atomic mass is 9.94. The molecule has 0 aromatic heterocycles. The fourth-order valence-corrected chi connectivity index (χ4v) is 1.86. The largest absolute Gasteiger partial charge is 0.481 e. The van der Waals surface area contributed by atoms with E-state index in [1.54, 1.807) is 25.1 Å². The summed E-state index contributed by atoms with van der Waals surface area (Å²) in [5, 5.41) is 18.3. The van der Waals surface area contributed by atoms with Crippen molar-refractivity contribution in [1.82, 2.24) is 0 Å². The second kappa shape index (κ2) is 5.28. The maximum Gasteiger partial charge on any atom is 0.311 e. The van der Waals surface area contributed by atoms with Crippen LogP contribution in [-0.4, -0.2) is 22.3 Å². The van der Waals surface area contributed by atoms with Gasteiger partial charge in [-0.3, -0.25) is 4.79 Å². The van der Waals surface area contributed by atoms with Crippen molar-refractivity contribution in [3.05, 3.63) is 34.3 Å². The van der Waals surface area contributed by atoms with Gasteiger partial charge in [0.2, 0.25) is 0 Å². The summed E-state index contributed by atoms with van der Waals surface area (Å²) in [7, 11) is 0. The zero-order valence-electron chi connectivity index (χ0n) is 8.35. The molecule has 2 atom stereocenters. The van der Waals surface area contributed by atoms with Crippen LogP contribution in [0.2, 0.25) is 0 Å². The Kier molecular flexibility index (Phi) is 4.29. The lowest BCUT2D eigenvalue weighted by Gasteiger charge is -2.14. The minimum Gasteiger partial charge on any atom is -0.481 e. The predicted molar refractivity (Wildman–Crippen MR) is 60.8 cm³/mol. The van der Waals surface area contributed by atoms with E-state index >= 15 is 0 Å². The minimum atomic E-state index is -0.908. The van der Waals surface area contributed by atoms with Crippen LogP contribution in [0.3, 0.4) is 0 Å². The summed E-state index contributed by atoms with van der Waals surface area (Å²) < 4.78 is 0.844. The summed E-state index contributed by atoms with van der Waals surface area (Å²) in [6.07, 6.45) is -0.392. The van der Waals surface area contributed by atoms with Crippen molar-refractivity contribution in [1.29, 1.82) is 0 Å². The molecule has 0 fully saturated rings. The van der Waals surface area contributed by atoms with E-state index in [0.29, 0.717) is 5.56 Å². The van der Waals surface area contributed by atoms with Crippen molar-refractivity contribution in [2.24, 2.45) is 0 Å². The topological polar surface area (TPSA) is 57.5 Å². The molecule has 4 heteroatoms. The molecule has 0 aliphatic rings. The first-order chi connectivity index (χ1) is 7.00. The molecular formula is C11H13BrO3. The Morgan fingerprint density at radius 1 is 1.53 bits per heavy atom. The molecule has 0 saturated carbocycles. The van der Waals surface area contributed by atoms with Crippen LogP contribution in [0.1, 0.15) is 24.8 Å². The van der Waals surface area contributed by atoms with Crippen LogP contribution in [0.25, 0.3) is 0 Å². The molecule has 0 amide bonds. The van der Waals surface area contributed by atoms with Gasteiger partial charge in [-0.1, -0.05) is 28.1 Å². The fraction of sp³-hybridized carbons (Fsp3) is 0.364. The maximum absolute atomic E-state index is 11.0. The smallest absolute Gasteiger partial charge is 0.311 e. The number of benzene rings is 1. The Morgan fingerprint density at radius 3 is 2.67 bits per heavy atom. The summed E-state index contributed by atoms with van der Waals surface area (Å²) in [5.41, 5.74) is 0.706. The van der Waals surface area contributed by atoms with E-state index in [-0.39, 0.29) is 6.42 Å². The average molecular weight is 273 g/mol. The molecule has 1 aromatic rings. The number of carboxylic acid groups (broad SMARTS) is 1. The van der Waals surface area contributed by atoms with E-state index in [0.717, 1.165) is 4.47 Å². The molecular weight excluding hydrogens is 260 g/mol. The SMILES string of the molecule is CC(O)CC(C(=O)O)c1cccc(Br)c1. The summed E-state index contributed by atoms with van der Waals surface area (Å²) in [6, 6.07) is 7.15. The lowest BCUT2D eigenvalue weighted by molar-refractivity contribution is -0.139. The number of carboxylic acids is 1. The van der Waals surface area contributed by atoms with Gasteiger partial charge in [0.15, 0.2) is 0 Å². The third kappa shape index (κ3) is 3.64. The molecule has 0 saturated heterocycles. The Hall–Kier alpha value is -0.870. The number of aliphatic hydroxyl groups is 1. The molecule has 1 aromatic carbocycles. The first-order valence-electron chi connectivity index (χ1n) is 4.67. The highest BCUT2D eigenvalue weighted by molar-refractivity contribution is 9.10. The summed E-state index contributed by atoms with van der Waals surface area (Å²) >= 11 is 3.29. The van der Waals surface area contributed by atoms with Crippen molar-refractivity contribution in [3.8, 4) is 0 Å². The van der Waals surface area contributed by atoms with Gasteiger partial charge in [0.05, 0.1) is 12.0 Å². The molecule has 82 valence electrons. The predicted octanol–water partition coefficient (Wildman–Crippen LogP) is 2.39. The molecule has 2 N–H and O–H groups in total. The van der Waals surface area contributed by atoms with Crippen molar-refractivity contribution in [2.45, 2.75) is 25.4 Å². The number of aliphatic hydroxyl groups excluding tert-OH is 1. The number of rotatable bonds is 4. The Bertz CT molecular complexity index is 349. The quantitative estimate of drug-likeness (QED) is 0.885. The van der Waals surface area contributed by atoms with Gasteiger partial charge < -0.3 is 10.2 Å². The summed E-state index contributed by atoms with van der Waals surface area (Å²) in [4.78, 5) is 11.0. The first-order valence-corrected chi connectivity index (χ1v) is 5.46. The third-order valence-electron chi connectivity index (χ3n) is 2.13. The van der Waals surface area contributed by atoms with Crippen molar-refractivity contribution in [2.75, 3.05) is 0 Å². The normalized spacial score (nSPS) is 14.6. The number of carbonyl (C=O) groups is 1. The van der Waals surface area contributed by atoms with E-state index in [1.165, 1.54) is 0 Å². The molecule has 0 spiro atoms. The van der Waals surface area contributed by atoms with Gasteiger partial charge in [-0.15, -0.1) is 0 Å². The minimum absolute atomic E-state index is 0.228. The van der Waals surface area contributed by atoms with E-state index in [4.69, 9.17) is 5.11 Å². The van der Waals surface area contributed by atoms with Crippen molar-refractivity contribution < 1.29 is 15.0 Å². The highest BCUT2D eigenvalue weighted by atomic mass is 79.9. The maximum atomic E-state index is 11.0. The Labute approximate surface area is 96.9 Å².